The van der Waals surface area contributed by atoms with Crippen molar-refractivity contribution < 1.29 is 15.0 Å². The van der Waals surface area contributed by atoms with Gasteiger partial charge < -0.3 is 15.5 Å². The minimum Gasteiger partial charge on any atom is -0.392 e. The summed E-state index contributed by atoms with van der Waals surface area (Å²) < 4.78 is 0. The summed E-state index contributed by atoms with van der Waals surface area (Å²) in [6.45, 7) is 1.85. The highest BCUT2D eigenvalue weighted by atomic mass is 32.1. The number of thiophene rings is 1. The first kappa shape index (κ1) is 13.5. The molecule has 0 aromatic carbocycles. The molecular formula is C13H19NO3S. The standard InChI is InChI=1S/C13H19NO3S/c1-13(17,9-5-6-18-7-9)8-14-12(16)10-3-2-4-11(10)15/h5-7,10-11,15,17H,2-4,8H2,1H3,(H,14,16). The molecule has 0 spiro atoms. The normalized spacial score (nSPS) is 26.8. The zero-order chi connectivity index (χ0) is 13.2. The lowest BCUT2D eigenvalue weighted by atomic mass is 9.98. The minimum absolute atomic E-state index is 0.157. The van der Waals surface area contributed by atoms with E-state index in [0.29, 0.717) is 6.42 Å². The molecule has 0 radical (unpaired) electrons. The molecule has 1 saturated carbocycles. The van der Waals surface area contributed by atoms with Crippen LogP contribution in [0.2, 0.25) is 0 Å². The molecule has 1 aliphatic carbocycles. The summed E-state index contributed by atoms with van der Waals surface area (Å²) in [5.41, 5.74) is -0.251. The molecule has 0 saturated heterocycles. The van der Waals surface area contributed by atoms with Crippen molar-refractivity contribution in [2.24, 2.45) is 5.92 Å². The maximum absolute atomic E-state index is 11.9. The van der Waals surface area contributed by atoms with Gasteiger partial charge >= 0.3 is 0 Å². The van der Waals surface area contributed by atoms with E-state index in [0.717, 1.165) is 18.4 Å². The summed E-state index contributed by atoms with van der Waals surface area (Å²) in [5, 5.41) is 26.4. The number of amides is 1. The summed E-state index contributed by atoms with van der Waals surface area (Å²) in [4.78, 5) is 11.9. The largest absolute Gasteiger partial charge is 0.392 e. The van der Waals surface area contributed by atoms with E-state index in [4.69, 9.17) is 0 Å². The van der Waals surface area contributed by atoms with Crippen LogP contribution in [0.5, 0.6) is 0 Å². The van der Waals surface area contributed by atoms with Gasteiger partial charge in [-0.05, 0) is 48.6 Å². The molecule has 3 N–H and O–H groups in total. The van der Waals surface area contributed by atoms with Crippen LogP contribution in [0.25, 0.3) is 0 Å². The van der Waals surface area contributed by atoms with Gasteiger partial charge in [0.1, 0.15) is 5.60 Å². The zero-order valence-corrected chi connectivity index (χ0v) is 11.2. The summed E-state index contributed by atoms with van der Waals surface area (Å²) in [7, 11) is 0. The first-order valence-corrected chi connectivity index (χ1v) is 7.16. The fraction of sp³-hybridized carbons (Fsp3) is 0.615. The molecular weight excluding hydrogens is 250 g/mol. The van der Waals surface area contributed by atoms with Crippen molar-refractivity contribution in [3.8, 4) is 0 Å². The van der Waals surface area contributed by atoms with Crippen LogP contribution in [-0.4, -0.2) is 28.8 Å². The molecule has 4 nitrogen and oxygen atoms in total. The van der Waals surface area contributed by atoms with E-state index in [9.17, 15) is 15.0 Å². The molecule has 0 bridgehead atoms. The molecule has 100 valence electrons. The van der Waals surface area contributed by atoms with Crippen molar-refractivity contribution in [1.82, 2.24) is 5.32 Å². The Kier molecular flexibility index (Phi) is 4.04. The SMILES string of the molecule is CC(O)(CNC(=O)C1CCCC1O)c1ccsc1. The quantitative estimate of drug-likeness (QED) is 0.770. The molecule has 1 fully saturated rings. The van der Waals surface area contributed by atoms with E-state index < -0.39 is 11.7 Å². The maximum atomic E-state index is 11.9. The Labute approximate surface area is 111 Å². The number of aliphatic hydroxyl groups excluding tert-OH is 1. The molecule has 0 aliphatic heterocycles. The van der Waals surface area contributed by atoms with Gasteiger partial charge in [0.15, 0.2) is 0 Å². The number of rotatable bonds is 4. The van der Waals surface area contributed by atoms with Crippen molar-refractivity contribution >= 4 is 17.2 Å². The summed E-state index contributed by atoms with van der Waals surface area (Å²) >= 11 is 1.51. The summed E-state index contributed by atoms with van der Waals surface area (Å²) in [5.74, 6) is -0.473. The molecule has 1 aromatic rings. The third-order valence-corrected chi connectivity index (χ3v) is 4.25. The summed E-state index contributed by atoms with van der Waals surface area (Å²) in [6.07, 6.45) is 1.78. The second-order valence-corrected chi connectivity index (χ2v) is 5.89. The van der Waals surface area contributed by atoms with Gasteiger partial charge in [-0.3, -0.25) is 4.79 Å². The number of nitrogens with one attached hydrogen (secondary N) is 1. The number of hydrogen-bond donors (Lipinski definition) is 3. The van der Waals surface area contributed by atoms with Crippen molar-refractivity contribution in [1.29, 1.82) is 0 Å². The fourth-order valence-corrected chi connectivity index (χ4v) is 3.09. The molecule has 1 aliphatic rings. The van der Waals surface area contributed by atoms with Crippen molar-refractivity contribution in [2.45, 2.75) is 37.9 Å². The van der Waals surface area contributed by atoms with Gasteiger partial charge in [-0.1, -0.05) is 0 Å². The monoisotopic (exact) mass is 269 g/mol. The Hall–Kier alpha value is -0.910. The number of hydrogen-bond acceptors (Lipinski definition) is 4. The van der Waals surface area contributed by atoms with Gasteiger partial charge in [0, 0.05) is 0 Å². The number of carbonyl (C=O) groups is 1. The van der Waals surface area contributed by atoms with Crippen molar-refractivity contribution in [3.05, 3.63) is 22.4 Å². The molecule has 3 unspecified atom stereocenters. The first-order valence-electron chi connectivity index (χ1n) is 6.21. The molecule has 5 heteroatoms. The van der Waals surface area contributed by atoms with E-state index in [-0.39, 0.29) is 18.4 Å². The zero-order valence-electron chi connectivity index (χ0n) is 10.4. The molecule has 1 amide bonds. The Bertz CT molecular complexity index is 402. The predicted molar refractivity (Wildman–Crippen MR) is 70.2 cm³/mol. The lowest BCUT2D eigenvalue weighted by Gasteiger charge is -2.24. The van der Waals surface area contributed by atoms with Crippen LogP contribution in [-0.2, 0) is 10.4 Å². The van der Waals surface area contributed by atoms with Gasteiger partial charge in [-0.15, -0.1) is 0 Å². The molecule has 18 heavy (non-hydrogen) atoms. The first-order chi connectivity index (χ1) is 8.50. The fourth-order valence-electron chi connectivity index (χ4n) is 2.31. The van der Waals surface area contributed by atoms with Crippen molar-refractivity contribution in [2.75, 3.05) is 6.54 Å². The lowest BCUT2D eigenvalue weighted by molar-refractivity contribution is -0.128. The third kappa shape index (κ3) is 2.91. The van der Waals surface area contributed by atoms with E-state index in [1.54, 1.807) is 6.92 Å². The Balaban J connectivity index is 1.89. The van der Waals surface area contributed by atoms with Crippen LogP contribution in [0.4, 0.5) is 0 Å². The van der Waals surface area contributed by atoms with E-state index in [1.165, 1.54) is 11.3 Å². The van der Waals surface area contributed by atoms with Crippen LogP contribution in [0.1, 0.15) is 31.7 Å². The highest BCUT2D eigenvalue weighted by Gasteiger charge is 2.33. The molecule has 3 atom stereocenters. The highest BCUT2D eigenvalue weighted by Crippen LogP contribution is 2.26. The third-order valence-electron chi connectivity index (χ3n) is 3.57. The van der Waals surface area contributed by atoms with Crippen LogP contribution < -0.4 is 5.32 Å². The highest BCUT2D eigenvalue weighted by molar-refractivity contribution is 7.08. The predicted octanol–water partition coefficient (Wildman–Crippen LogP) is 1.23. The second kappa shape index (κ2) is 5.38. The second-order valence-electron chi connectivity index (χ2n) is 5.11. The van der Waals surface area contributed by atoms with E-state index in [2.05, 4.69) is 5.32 Å². The van der Waals surface area contributed by atoms with Crippen LogP contribution in [0.3, 0.4) is 0 Å². The van der Waals surface area contributed by atoms with E-state index in [1.807, 2.05) is 16.8 Å². The van der Waals surface area contributed by atoms with Gasteiger partial charge in [-0.2, -0.15) is 11.3 Å². The van der Waals surface area contributed by atoms with E-state index >= 15 is 0 Å². The topological polar surface area (TPSA) is 69.6 Å². The van der Waals surface area contributed by atoms with Crippen LogP contribution >= 0.6 is 11.3 Å². The van der Waals surface area contributed by atoms with Gasteiger partial charge in [0.2, 0.25) is 5.91 Å². The average molecular weight is 269 g/mol. The smallest absolute Gasteiger partial charge is 0.225 e. The molecule has 1 heterocycles. The number of aliphatic hydroxyl groups is 2. The van der Waals surface area contributed by atoms with Gasteiger partial charge in [0.05, 0.1) is 18.6 Å². The Morgan fingerprint density at radius 2 is 2.39 bits per heavy atom. The van der Waals surface area contributed by atoms with Crippen LogP contribution in [0.15, 0.2) is 16.8 Å². The van der Waals surface area contributed by atoms with Gasteiger partial charge in [0.25, 0.3) is 0 Å². The van der Waals surface area contributed by atoms with Gasteiger partial charge in [-0.25, -0.2) is 0 Å². The van der Waals surface area contributed by atoms with Crippen molar-refractivity contribution in [3.63, 3.8) is 0 Å². The summed E-state index contributed by atoms with van der Waals surface area (Å²) in [6, 6.07) is 1.85. The molecule has 1 aromatic heterocycles. The lowest BCUT2D eigenvalue weighted by Crippen LogP contribution is -2.42. The Morgan fingerprint density at radius 1 is 1.61 bits per heavy atom. The maximum Gasteiger partial charge on any atom is 0.225 e. The number of carbonyl (C=O) groups excluding carboxylic acids is 1. The van der Waals surface area contributed by atoms with Crippen LogP contribution in [0, 0.1) is 5.92 Å². The Morgan fingerprint density at radius 3 is 2.94 bits per heavy atom. The minimum atomic E-state index is -1.06. The average Bonchev–Trinajstić information content (AvgIpc) is 2.96. The molecule has 2 rings (SSSR count).